The van der Waals surface area contributed by atoms with Crippen LogP contribution in [0.4, 0.5) is 11.6 Å². The molecule has 0 saturated heterocycles. The zero-order chi connectivity index (χ0) is 14.5. The fraction of sp³-hybridized carbons (Fsp3) is 0.267. The van der Waals surface area contributed by atoms with Crippen LogP contribution < -0.4 is 10.6 Å². The van der Waals surface area contributed by atoms with Gasteiger partial charge in [-0.15, -0.1) is 0 Å². The fourth-order valence-corrected chi connectivity index (χ4v) is 1.93. The first-order valence-electron chi connectivity index (χ1n) is 6.52. The van der Waals surface area contributed by atoms with Gasteiger partial charge in [0.2, 0.25) is 5.95 Å². The molecule has 0 bridgehead atoms. The van der Waals surface area contributed by atoms with Crippen LogP contribution >= 0.6 is 12.2 Å². The molecule has 0 aliphatic carbocycles. The summed E-state index contributed by atoms with van der Waals surface area (Å²) in [5.74, 6) is 1.02. The highest BCUT2D eigenvalue weighted by Gasteiger charge is 2.02. The largest absolute Gasteiger partial charge is 0.332 e. The van der Waals surface area contributed by atoms with Gasteiger partial charge in [-0.25, -0.2) is 9.97 Å². The molecule has 4 nitrogen and oxygen atoms in total. The Balaban J connectivity index is 1.97. The Bertz CT molecular complexity index is 593. The van der Waals surface area contributed by atoms with E-state index in [-0.39, 0.29) is 0 Å². The monoisotopic (exact) mass is 286 g/mol. The number of rotatable bonds is 3. The van der Waals surface area contributed by atoms with Gasteiger partial charge in [0.25, 0.3) is 0 Å². The lowest BCUT2D eigenvalue weighted by molar-refractivity contribution is 0.867. The normalized spacial score (nSPS) is 10.4. The zero-order valence-electron chi connectivity index (χ0n) is 11.8. The van der Waals surface area contributed by atoms with Gasteiger partial charge in [0.15, 0.2) is 5.11 Å². The molecule has 0 atom stereocenters. The Kier molecular flexibility index (Phi) is 4.63. The average molecular weight is 286 g/mol. The lowest BCUT2D eigenvalue weighted by Crippen LogP contribution is -2.20. The van der Waals surface area contributed by atoms with Crippen LogP contribution in [0.1, 0.15) is 31.0 Å². The van der Waals surface area contributed by atoms with Gasteiger partial charge < -0.3 is 10.6 Å². The van der Waals surface area contributed by atoms with Crippen molar-refractivity contribution in [1.82, 2.24) is 9.97 Å². The van der Waals surface area contributed by atoms with E-state index >= 15 is 0 Å². The lowest BCUT2D eigenvalue weighted by atomic mass is 10.0. The van der Waals surface area contributed by atoms with Crippen molar-refractivity contribution in [3.63, 3.8) is 0 Å². The predicted molar refractivity (Wildman–Crippen MR) is 87.1 cm³/mol. The van der Waals surface area contributed by atoms with Crippen molar-refractivity contribution in [2.75, 3.05) is 10.6 Å². The first-order valence-corrected chi connectivity index (χ1v) is 6.93. The zero-order valence-corrected chi connectivity index (χ0v) is 12.7. The van der Waals surface area contributed by atoms with Gasteiger partial charge >= 0.3 is 0 Å². The van der Waals surface area contributed by atoms with Crippen LogP contribution in [-0.2, 0) is 0 Å². The van der Waals surface area contributed by atoms with Crippen molar-refractivity contribution < 1.29 is 0 Å². The number of hydrogen-bond donors (Lipinski definition) is 2. The predicted octanol–water partition coefficient (Wildman–Crippen LogP) is 3.72. The molecule has 0 unspecified atom stereocenters. The van der Waals surface area contributed by atoms with Crippen LogP contribution in [-0.4, -0.2) is 15.1 Å². The number of benzene rings is 1. The van der Waals surface area contributed by atoms with E-state index in [9.17, 15) is 0 Å². The quantitative estimate of drug-likeness (QED) is 0.842. The lowest BCUT2D eigenvalue weighted by Gasteiger charge is -2.11. The molecule has 0 spiro atoms. The van der Waals surface area contributed by atoms with E-state index in [1.807, 2.05) is 25.1 Å². The number of aryl methyl sites for hydroxylation is 1. The van der Waals surface area contributed by atoms with Crippen molar-refractivity contribution in [1.29, 1.82) is 0 Å². The maximum absolute atomic E-state index is 5.24. The second-order valence-corrected chi connectivity index (χ2v) is 5.29. The van der Waals surface area contributed by atoms with E-state index in [4.69, 9.17) is 12.2 Å². The number of hydrogen-bond acceptors (Lipinski definition) is 3. The molecule has 0 amide bonds. The first-order chi connectivity index (χ1) is 9.54. The third-order valence-corrected chi connectivity index (χ3v) is 3.06. The van der Waals surface area contributed by atoms with Crippen molar-refractivity contribution in [3.8, 4) is 0 Å². The van der Waals surface area contributed by atoms with Crippen molar-refractivity contribution >= 4 is 29.0 Å². The maximum atomic E-state index is 5.24. The molecule has 2 rings (SSSR count). The van der Waals surface area contributed by atoms with E-state index < -0.39 is 0 Å². The Morgan fingerprint density at radius 3 is 2.40 bits per heavy atom. The Hall–Kier alpha value is -2.01. The topological polar surface area (TPSA) is 49.8 Å². The van der Waals surface area contributed by atoms with E-state index in [0.717, 1.165) is 11.4 Å². The second-order valence-electron chi connectivity index (χ2n) is 4.88. The Morgan fingerprint density at radius 1 is 1.10 bits per heavy atom. The van der Waals surface area contributed by atoms with Crippen LogP contribution in [0.3, 0.4) is 0 Å². The molecule has 0 radical (unpaired) electrons. The summed E-state index contributed by atoms with van der Waals surface area (Å²) < 4.78 is 0. The van der Waals surface area contributed by atoms with Gasteiger partial charge in [-0.05, 0) is 48.8 Å². The minimum atomic E-state index is 0.480. The summed E-state index contributed by atoms with van der Waals surface area (Å²) in [6.07, 6.45) is 1.70. The minimum absolute atomic E-state index is 0.480. The third-order valence-electron chi connectivity index (χ3n) is 2.86. The van der Waals surface area contributed by atoms with Crippen LogP contribution in [0, 0.1) is 6.92 Å². The summed E-state index contributed by atoms with van der Waals surface area (Å²) in [7, 11) is 0. The van der Waals surface area contributed by atoms with E-state index in [1.54, 1.807) is 6.20 Å². The molecular formula is C15H18N4S. The smallest absolute Gasteiger partial charge is 0.229 e. The number of aromatic nitrogens is 2. The highest BCUT2D eigenvalue weighted by atomic mass is 32.1. The molecular weight excluding hydrogens is 268 g/mol. The van der Waals surface area contributed by atoms with Gasteiger partial charge in [0.1, 0.15) is 0 Å². The van der Waals surface area contributed by atoms with Gasteiger partial charge in [0, 0.05) is 17.6 Å². The molecule has 1 aromatic carbocycles. The number of anilines is 2. The van der Waals surface area contributed by atoms with Crippen LogP contribution in [0.15, 0.2) is 36.5 Å². The van der Waals surface area contributed by atoms with Crippen molar-refractivity contribution in [3.05, 3.63) is 47.8 Å². The molecule has 5 heteroatoms. The second kappa shape index (κ2) is 6.43. The third kappa shape index (κ3) is 3.99. The molecule has 1 aromatic heterocycles. The van der Waals surface area contributed by atoms with Crippen LogP contribution in [0.5, 0.6) is 0 Å². The van der Waals surface area contributed by atoms with E-state index in [0.29, 0.717) is 17.0 Å². The SMILES string of the molecule is Cc1ccnc(NC(=S)Nc2ccc(C(C)C)cc2)n1. The van der Waals surface area contributed by atoms with Gasteiger partial charge in [-0.1, -0.05) is 26.0 Å². The van der Waals surface area contributed by atoms with E-state index in [1.165, 1.54) is 5.56 Å². The summed E-state index contributed by atoms with van der Waals surface area (Å²) >= 11 is 5.24. The van der Waals surface area contributed by atoms with Crippen molar-refractivity contribution in [2.24, 2.45) is 0 Å². The molecule has 0 saturated carbocycles. The summed E-state index contributed by atoms with van der Waals surface area (Å²) in [5, 5.41) is 6.56. The Labute approximate surface area is 124 Å². The number of thiocarbonyl (C=S) groups is 1. The number of nitrogens with one attached hydrogen (secondary N) is 2. The summed E-state index contributed by atoms with van der Waals surface area (Å²) in [6.45, 7) is 6.25. The van der Waals surface area contributed by atoms with Crippen LogP contribution in [0.25, 0.3) is 0 Å². The highest BCUT2D eigenvalue weighted by molar-refractivity contribution is 7.80. The summed E-state index contributed by atoms with van der Waals surface area (Å²) in [6, 6.07) is 10.1. The minimum Gasteiger partial charge on any atom is -0.332 e. The molecule has 0 aliphatic rings. The average Bonchev–Trinajstić information content (AvgIpc) is 2.39. The summed E-state index contributed by atoms with van der Waals surface area (Å²) in [4.78, 5) is 8.35. The van der Waals surface area contributed by atoms with E-state index in [2.05, 4.69) is 46.6 Å². The summed E-state index contributed by atoms with van der Waals surface area (Å²) in [5.41, 5.74) is 3.14. The molecule has 104 valence electrons. The molecule has 2 N–H and O–H groups in total. The molecule has 0 aliphatic heterocycles. The molecule has 0 fully saturated rings. The molecule has 20 heavy (non-hydrogen) atoms. The number of nitrogens with zero attached hydrogens (tertiary/aromatic N) is 2. The van der Waals surface area contributed by atoms with Gasteiger partial charge in [-0.3, -0.25) is 0 Å². The van der Waals surface area contributed by atoms with Gasteiger partial charge in [0.05, 0.1) is 0 Å². The highest BCUT2D eigenvalue weighted by Crippen LogP contribution is 2.17. The molecule has 2 aromatic rings. The molecule has 1 heterocycles. The van der Waals surface area contributed by atoms with Crippen molar-refractivity contribution in [2.45, 2.75) is 26.7 Å². The standard InChI is InChI=1S/C15H18N4S/c1-10(2)12-4-6-13(7-5-12)18-15(20)19-14-16-9-8-11(3)17-14/h4-10H,1-3H3,(H2,16,17,18,19,20). The van der Waals surface area contributed by atoms with Gasteiger partial charge in [-0.2, -0.15) is 0 Å². The first kappa shape index (κ1) is 14.4. The van der Waals surface area contributed by atoms with Crippen LogP contribution in [0.2, 0.25) is 0 Å². The maximum Gasteiger partial charge on any atom is 0.229 e. The Morgan fingerprint density at radius 2 is 1.80 bits per heavy atom. The fourth-order valence-electron chi connectivity index (χ4n) is 1.72.